The van der Waals surface area contributed by atoms with Gasteiger partial charge in [0.05, 0.1) is 0 Å². The fourth-order valence-electron chi connectivity index (χ4n) is 4.91. The molecule has 2 heterocycles. The highest BCUT2D eigenvalue weighted by Crippen LogP contribution is 2.33. The Bertz CT molecular complexity index is 441. The van der Waals surface area contributed by atoms with Crippen molar-refractivity contribution in [3.8, 4) is 0 Å². The summed E-state index contributed by atoms with van der Waals surface area (Å²) >= 11 is 0. The van der Waals surface area contributed by atoms with Crippen LogP contribution in [0.1, 0.15) is 65.2 Å². The topological polar surface area (TPSA) is 40.6 Å². The molecule has 1 aliphatic carbocycles. The lowest BCUT2D eigenvalue weighted by Gasteiger charge is -2.39. The molecule has 2 saturated heterocycles. The van der Waals surface area contributed by atoms with E-state index in [-0.39, 0.29) is 17.8 Å². The first-order valence-corrected chi connectivity index (χ1v) is 10.1. The standard InChI is InChI=1S/C20H34N2O2/c1-15(2)19(23)16-5-7-17(8-6-16)20(24)22-13-9-18(10-14-22)21-11-3-4-12-21/h15-18H,3-14H2,1-2H3/t16-,17-. The van der Waals surface area contributed by atoms with Crippen LogP contribution < -0.4 is 0 Å². The number of rotatable bonds is 4. The number of ketones is 1. The minimum atomic E-state index is 0.131. The summed E-state index contributed by atoms with van der Waals surface area (Å²) in [6, 6.07) is 0.705. The Balaban J connectivity index is 1.44. The van der Waals surface area contributed by atoms with Gasteiger partial charge in [0, 0.05) is 36.9 Å². The van der Waals surface area contributed by atoms with Gasteiger partial charge in [-0.05, 0) is 64.5 Å². The number of likely N-dealkylation sites (tertiary alicyclic amines) is 2. The Labute approximate surface area is 146 Å². The maximum Gasteiger partial charge on any atom is 0.225 e. The van der Waals surface area contributed by atoms with E-state index in [9.17, 15) is 9.59 Å². The molecule has 3 aliphatic rings. The monoisotopic (exact) mass is 334 g/mol. The lowest BCUT2D eigenvalue weighted by molar-refractivity contribution is -0.139. The molecule has 0 aromatic heterocycles. The molecule has 136 valence electrons. The minimum absolute atomic E-state index is 0.131. The first-order valence-electron chi connectivity index (χ1n) is 10.1. The van der Waals surface area contributed by atoms with Crippen molar-refractivity contribution in [2.75, 3.05) is 26.2 Å². The average molecular weight is 335 g/mol. The van der Waals surface area contributed by atoms with Crippen LogP contribution in [-0.4, -0.2) is 53.7 Å². The van der Waals surface area contributed by atoms with Crippen LogP contribution in [0, 0.1) is 17.8 Å². The van der Waals surface area contributed by atoms with Crippen molar-refractivity contribution in [2.45, 2.75) is 71.3 Å². The Morgan fingerprint density at radius 2 is 1.33 bits per heavy atom. The smallest absolute Gasteiger partial charge is 0.225 e. The van der Waals surface area contributed by atoms with Crippen molar-refractivity contribution >= 4 is 11.7 Å². The van der Waals surface area contributed by atoms with Gasteiger partial charge in [0.25, 0.3) is 0 Å². The number of hydrogen-bond acceptors (Lipinski definition) is 3. The van der Waals surface area contributed by atoms with Gasteiger partial charge in [0.1, 0.15) is 5.78 Å². The van der Waals surface area contributed by atoms with Gasteiger partial charge in [0.2, 0.25) is 5.91 Å². The number of amides is 1. The molecule has 0 spiro atoms. The highest BCUT2D eigenvalue weighted by Gasteiger charge is 2.34. The van der Waals surface area contributed by atoms with Gasteiger partial charge in [0.15, 0.2) is 0 Å². The molecule has 0 radical (unpaired) electrons. The molecule has 24 heavy (non-hydrogen) atoms. The predicted molar refractivity (Wildman–Crippen MR) is 95.7 cm³/mol. The molecular weight excluding hydrogens is 300 g/mol. The summed E-state index contributed by atoms with van der Waals surface area (Å²) in [6.45, 7) is 8.36. The van der Waals surface area contributed by atoms with Gasteiger partial charge >= 0.3 is 0 Å². The second kappa shape index (κ2) is 7.99. The van der Waals surface area contributed by atoms with Gasteiger partial charge in [-0.25, -0.2) is 0 Å². The van der Waals surface area contributed by atoms with Gasteiger partial charge in [-0.2, -0.15) is 0 Å². The van der Waals surface area contributed by atoms with Crippen LogP contribution in [0.2, 0.25) is 0 Å². The van der Waals surface area contributed by atoms with Crippen LogP contribution in [-0.2, 0) is 9.59 Å². The molecule has 0 aromatic carbocycles. The second-order valence-corrected chi connectivity index (χ2v) is 8.41. The summed E-state index contributed by atoms with van der Waals surface area (Å²) in [5.41, 5.74) is 0. The maximum absolute atomic E-state index is 12.8. The molecule has 1 amide bonds. The molecule has 4 nitrogen and oxygen atoms in total. The van der Waals surface area contributed by atoms with Crippen LogP contribution in [0.15, 0.2) is 0 Å². The highest BCUT2D eigenvalue weighted by atomic mass is 16.2. The van der Waals surface area contributed by atoms with Crippen molar-refractivity contribution in [3.63, 3.8) is 0 Å². The van der Waals surface area contributed by atoms with E-state index >= 15 is 0 Å². The lowest BCUT2D eigenvalue weighted by atomic mass is 9.77. The van der Waals surface area contributed by atoms with Crippen LogP contribution >= 0.6 is 0 Å². The SMILES string of the molecule is CC(C)C(=O)[C@H]1CC[C@H](C(=O)N2CCC(N3CCCC3)CC2)CC1. The van der Waals surface area contributed by atoms with E-state index in [0.717, 1.165) is 51.6 Å². The quantitative estimate of drug-likeness (QED) is 0.793. The zero-order valence-corrected chi connectivity index (χ0v) is 15.5. The second-order valence-electron chi connectivity index (χ2n) is 8.41. The molecule has 3 rings (SSSR count). The van der Waals surface area contributed by atoms with Crippen LogP contribution in [0.25, 0.3) is 0 Å². The van der Waals surface area contributed by atoms with E-state index in [0.29, 0.717) is 17.7 Å². The van der Waals surface area contributed by atoms with Gasteiger partial charge < -0.3 is 9.80 Å². The summed E-state index contributed by atoms with van der Waals surface area (Å²) in [7, 11) is 0. The third-order valence-electron chi connectivity index (χ3n) is 6.48. The Morgan fingerprint density at radius 3 is 1.88 bits per heavy atom. The average Bonchev–Trinajstić information content (AvgIpc) is 3.15. The Kier molecular flexibility index (Phi) is 5.96. The number of piperidine rings is 1. The van der Waals surface area contributed by atoms with Crippen LogP contribution in [0.4, 0.5) is 0 Å². The summed E-state index contributed by atoms with van der Waals surface area (Å²) < 4.78 is 0. The Morgan fingerprint density at radius 1 is 0.792 bits per heavy atom. The fraction of sp³-hybridized carbons (Fsp3) is 0.900. The lowest BCUT2D eigenvalue weighted by Crippen LogP contribution is -2.48. The predicted octanol–water partition coefficient (Wildman–Crippen LogP) is 3.10. The maximum atomic E-state index is 12.8. The number of nitrogens with zero attached hydrogens (tertiary/aromatic N) is 2. The molecule has 0 unspecified atom stereocenters. The molecule has 2 aliphatic heterocycles. The van der Waals surface area contributed by atoms with Crippen LogP contribution in [0.5, 0.6) is 0 Å². The third-order valence-corrected chi connectivity index (χ3v) is 6.48. The number of hydrogen-bond donors (Lipinski definition) is 0. The molecule has 0 aromatic rings. The highest BCUT2D eigenvalue weighted by molar-refractivity contribution is 5.83. The first kappa shape index (κ1) is 17.9. The van der Waals surface area contributed by atoms with Gasteiger partial charge in [-0.1, -0.05) is 13.8 Å². The van der Waals surface area contributed by atoms with E-state index < -0.39 is 0 Å². The number of carbonyl (C=O) groups is 2. The van der Waals surface area contributed by atoms with E-state index in [2.05, 4.69) is 9.80 Å². The van der Waals surface area contributed by atoms with Crippen molar-refractivity contribution in [1.29, 1.82) is 0 Å². The minimum Gasteiger partial charge on any atom is -0.342 e. The zero-order valence-electron chi connectivity index (χ0n) is 15.5. The summed E-state index contributed by atoms with van der Waals surface area (Å²) in [6.07, 6.45) is 8.63. The molecular formula is C20H34N2O2. The summed E-state index contributed by atoms with van der Waals surface area (Å²) in [5, 5.41) is 0. The number of carbonyl (C=O) groups excluding carboxylic acids is 2. The molecule has 0 atom stereocenters. The van der Waals surface area contributed by atoms with Crippen LogP contribution in [0.3, 0.4) is 0 Å². The normalized spacial score (nSPS) is 30.0. The van der Waals surface area contributed by atoms with E-state index in [4.69, 9.17) is 0 Å². The molecule has 4 heteroatoms. The molecule has 1 saturated carbocycles. The summed E-state index contributed by atoms with van der Waals surface area (Å²) in [5.74, 6) is 1.27. The van der Waals surface area contributed by atoms with Gasteiger partial charge in [-0.3, -0.25) is 9.59 Å². The van der Waals surface area contributed by atoms with Gasteiger partial charge in [-0.15, -0.1) is 0 Å². The van der Waals surface area contributed by atoms with E-state index in [1.165, 1.54) is 25.9 Å². The van der Waals surface area contributed by atoms with Crippen molar-refractivity contribution in [1.82, 2.24) is 9.80 Å². The van der Waals surface area contributed by atoms with E-state index in [1.54, 1.807) is 0 Å². The van der Waals surface area contributed by atoms with E-state index in [1.807, 2.05) is 13.8 Å². The molecule has 3 fully saturated rings. The Hall–Kier alpha value is -0.900. The van der Waals surface area contributed by atoms with Crippen molar-refractivity contribution in [2.24, 2.45) is 17.8 Å². The fourth-order valence-corrected chi connectivity index (χ4v) is 4.91. The van der Waals surface area contributed by atoms with Crippen molar-refractivity contribution in [3.05, 3.63) is 0 Å². The third kappa shape index (κ3) is 4.01. The number of Topliss-reactive ketones (excluding diaryl/α,β-unsaturated/α-hetero) is 1. The first-order chi connectivity index (χ1) is 11.6. The zero-order chi connectivity index (χ0) is 17.1. The molecule has 0 bridgehead atoms. The largest absolute Gasteiger partial charge is 0.342 e. The summed E-state index contributed by atoms with van der Waals surface area (Å²) in [4.78, 5) is 29.7. The van der Waals surface area contributed by atoms with Crippen molar-refractivity contribution < 1.29 is 9.59 Å². The molecule has 0 N–H and O–H groups in total.